The van der Waals surface area contributed by atoms with E-state index >= 15 is 0 Å². The Morgan fingerprint density at radius 3 is 2.25 bits per heavy atom. The number of fused-ring (bicyclic) bond motifs is 3. The summed E-state index contributed by atoms with van der Waals surface area (Å²) in [5.41, 5.74) is 8.49. The average Bonchev–Trinajstić information content (AvgIpc) is 2.80. The molecule has 20 heavy (non-hydrogen) atoms. The summed E-state index contributed by atoms with van der Waals surface area (Å²) in [7, 11) is 0. The van der Waals surface area contributed by atoms with E-state index in [1.54, 1.807) is 0 Å². The van der Waals surface area contributed by atoms with E-state index in [4.69, 9.17) is 29.2 Å². The van der Waals surface area contributed by atoms with Crippen LogP contribution in [-0.4, -0.2) is 48.8 Å². The van der Waals surface area contributed by atoms with Crippen LogP contribution in [0.1, 0.15) is 27.7 Å². The van der Waals surface area contributed by atoms with Crippen LogP contribution in [0, 0.1) is 0 Å². The molecule has 8 heteroatoms. The highest BCUT2D eigenvalue weighted by Gasteiger charge is 2.60. The first-order chi connectivity index (χ1) is 9.31. The number of rotatable bonds is 2. The van der Waals surface area contributed by atoms with Gasteiger partial charge in [-0.15, -0.1) is 0 Å². The highest BCUT2D eigenvalue weighted by atomic mass is 16.9. The van der Waals surface area contributed by atoms with Crippen LogP contribution in [0.5, 0.6) is 0 Å². The topological polar surface area (TPSA) is 94.9 Å². The van der Waals surface area contributed by atoms with Gasteiger partial charge in [-0.3, -0.25) is 0 Å². The molecule has 0 aliphatic carbocycles. The van der Waals surface area contributed by atoms with Crippen molar-refractivity contribution in [3.05, 3.63) is 10.4 Å². The lowest BCUT2D eigenvalue weighted by Gasteiger charge is -2.36. The Morgan fingerprint density at radius 1 is 0.950 bits per heavy atom. The minimum Gasteiger partial charge on any atom is -0.344 e. The predicted octanol–water partition coefficient (Wildman–Crippen LogP) is 1.69. The molecule has 3 rings (SSSR count). The SMILES string of the molecule is CC1(C)O[C@H]2O[C@H](CN=[N+]=[N-])[C@@H]3OC(C)(C)O[C@H]3[C@@H]2O1. The molecule has 5 atom stereocenters. The van der Waals surface area contributed by atoms with E-state index in [1.807, 2.05) is 27.7 Å². The summed E-state index contributed by atoms with van der Waals surface area (Å²) >= 11 is 0. The quantitative estimate of drug-likeness (QED) is 0.437. The van der Waals surface area contributed by atoms with Gasteiger partial charge in [0.1, 0.15) is 18.3 Å². The van der Waals surface area contributed by atoms with E-state index in [0.29, 0.717) is 0 Å². The second-order valence-electron chi connectivity index (χ2n) is 6.12. The highest BCUT2D eigenvalue weighted by molar-refractivity contribution is 5.00. The Bertz CT molecular complexity index is 448. The molecule has 3 aliphatic rings. The fraction of sp³-hybridized carbons (Fsp3) is 1.00. The van der Waals surface area contributed by atoms with Crippen molar-refractivity contribution in [2.45, 2.75) is 70.0 Å². The van der Waals surface area contributed by atoms with E-state index in [2.05, 4.69) is 10.0 Å². The van der Waals surface area contributed by atoms with Gasteiger partial charge in [0.25, 0.3) is 0 Å². The van der Waals surface area contributed by atoms with Crippen molar-refractivity contribution < 1.29 is 23.7 Å². The average molecular weight is 285 g/mol. The van der Waals surface area contributed by atoms with Gasteiger partial charge in [-0.1, -0.05) is 5.11 Å². The van der Waals surface area contributed by atoms with Crippen LogP contribution in [-0.2, 0) is 23.7 Å². The number of hydrogen-bond acceptors (Lipinski definition) is 6. The van der Waals surface area contributed by atoms with E-state index in [1.165, 1.54) is 0 Å². The van der Waals surface area contributed by atoms with Crippen LogP contribution in [0.4, 0.5) is 0 Å². The summed E-state index contributed by atoms with van der Waals surface area (Å²) in [5.74, 6) is -1.46. The Morgan fingerprint density at radius 2 is 1.55 bits per heavy atom. The van der Waals surface area contributed by atoms with Crippen molar-refractivity contribution in [1.82, 2.24) is 0 Å². The van der Waals surface area contributed by atoms with E-state index in [0.717, 1.165) is 0 Å². The molecule has 3 heterocycles. The largest absolute Gasteiger partial charge is 0.344 e. The van der Waals surface area contributed by atoms with Crippen molar-refractivity contribution in [1.29, 1.82) is 0 Å². The van der Waals surface area contributed by atoms with Gasteiger partial charge in [-0.2, -0.15) is 0 Å². The summed E-state index contributed by atoms with van der Waals surface area (Å²) < 4.78 is 29.2. The third-order valence-corrected chi connectivity index (χ3v) is 3.58. The molecular weight excluding hydrogens is 266 g/mol. The molecule has 3 aliphatic heterocycles. The van der Waals surface area contributed by atoms with Gasteiger partial charge in [0.15, 0.2) is 17.9 Å². The van der Waals surface area contributed by atoms with Crippen LogP contribution >= 0.6 is 0 Å². The van der Waals surface area contributed by atoms with Crippen molar-refractivity contribution in [2.75, 3.05) is 6.54 Å². The number of ether oxygens (including phenoxy) is 5. The van der Waals surface area contributed by atoms with Crippen molar-refractivity contribution in [2.24, 2.45) is 5.11 Å². The second-order valence-corrected chi connectivity index (χ2v) is 6.12. The zero-order chi connectivity index (χ0) is 14.5. The minimum atomic E-state index is -0.733. The second kappa shape index (κ2) is 4.56. The van der Waals surface area contributed by atoms with Gasteiger partial charge < -0.3 is 23.7 Å². The highest BCUT2D eigenvalue weighted by Crippen LogP contribution is 2.44. The lowest BCUT2D eigenvalue weighted by molar-refractivity contribution is -0.231. The molecule has 0 aromatic rings. The van der Waals surface area contributed by atoms with Gasteiger partial charge in [-0.05, 0) is 33.2 Å². The van der Waals surface area contributed by atoms with Crippen molar-refractivity contribution in [3.63, 3.8) is 0 Å². The molecule has 0 bridgehead atoms. The molecule has 3 fully saturated rings. The zero-order valence-corrected chi connectivity index (χ0v) is 12.0. The maximum atomic E-state index is 8.49. The van der Waals surface area contributed by atoms with Crippen LogP contribution in [0.2, 0.25) is 0 Å². The van der Waals surface area contributed by atoms with Crippen molar-refractivity contribution >= 4 is 0 Å². The summed E-state index contributed by atoms with van der Waals surface area (Å²) in [6.45, 7) is 7.50. The van der Waals surface area contributed by atoms with Gasteiger partial charge in [0.2, 0.25) is 0 Å². The molecule has 0 radical (unpaired) electrons. The summed E-state index contributed by atoms with van der Waals surface area (Å²) in [6, 6.07) is 0. The number of hydrogen-bond donors (Lipinski definition) is 0. The van der Waals surface area contributed by atoms with Crippen molar-refractivity contribution in [3.8, 4) is 0 Å². The van der Waals surface area contributed by atoms with Gasteiger partial charge in [0.05, 0.1) is 12.6 Å². The fourth-order valence-corrected chi connectivity index (χ4v) is 2.96. The molecule has 0 aromatic heterocycles. The number of azide groups is 1. The first kappa shape index (κ1) is 14.1. The van der Waals surface area contributed by atoms with Gasteiger partial charge >= 0.3 is 0 Å². The molecule has 0 amide bonds. The molecule has 0 N–H and O–H groups in total. The van der Waals surface area contributed by atoms with Crippen LogP contribution in [0.3, 0.4) is 0 Å². The molecule has 0 spiro atoms. The van der Waals surface area contributed by atoms with Crippen LogP contribution < -0.4 is 0 Å². The molecule has 8 nitrogen and oxygen atoms in total. The summed E-state index contributed by atoms with van der Waals surface area (Å²) in [5, 5.41) is 3.58. The van der Waals surface area contributed by atoms with Crippen LogP contribution in [0.25, 0.3) is 10.4 Å². The maximum absolute atomic E-state index is 8.49. The van der Waals surface area contributed by atoms with Gasteiger partial charge in [0, 0.05) is 4.91 Å². The smallest absolute Gasteiger partial charge is 0.190 e. The Balaban J connectivity index is 1.85. The third-order valence-electron chi connectivity index (χ3n) is 3.58. The fourth-order valence-electron chi connectivity index (χ4n) is 2.96. The van der Waals surface area contributed by atoms with E-state index < -0.39 is 24.0 Å². The predicted molar refractivity (Wildman–Crippen MR) is 66.5 cm³/mol. The molecule has 0 saturated carbocycles. The summed E-state index contributed by atoms with van der Waals surface area (Å²) in [6.07, 6.45) is -1.93. The Labute approximate surface area is 116 Å². The first-order valence-electron chi connectivity index (χ1n) is 6.69. The lowest BCUT2D eigenvalue weighted by Crippen LogP contribution is -2.55. The minimum absolute atomic E-state index is 0.171. The monoisotopic (exact) mass is 285 g/mol. The zero-order valence-electron chi connectivity index (χ0n) is 12.0. The maximum Gasteiger partial charge on any atom is 0.190 e. The summed E-state index contributed by atoms with van der Waals surface area (Å²) in [4.78, 5) is 2.77. The van der Waals surface area contributed by atoms with E-state index in [9.17, 15) is 0 Å². The standard InChI is InChI=1S/C12H19N3O5/c1-11(2)17-7-6(5-14-15-13)16-10-9(8(7)18-11)19-12(3,4)20-10/h6-10H,5H2,1-4H3/t6-,7+,8-,9+,10-/m1/s1. The Kier molecular flexibility index (Phi) is 3.20. The third kappa shape index (κ3) is 2.39. The Hall–Kier alpha value is -0.890. The molecule has 0 aromatic carbocycles. The molecule has 112 valence electrons. The lowest BCUT2D eigenvalue weighted by atomic mass is 9.99. The van der Waals surface area contributed by atoms with Gasteiger partial charge in [-0.25, -0.2) is 0 Å². The normalized spacial score (nSPS) is 44.5. The molecular formula is C12H19N3O5. The van der Waals surface area contributed by atoms with Crippen LogP contribution in [0.15, 0.2) is 5.11 Å². The molecule has 0 unspecified atom stereocenters. The number of nitrogens with zero attached hydrogens (tertiary/aromatic N) is 3. The van der Waals surface area contributed by atoms with E-state index in [-0.39, 0.29) is 24.9 Å². The first-order valence-corrected chi connectivity index (χ1v) is 6.69. The molecule has 3 saturated heterocycles.